The molecule has 34 heavy (non-hydrogen) atoms. The minimum Gasteiger partial charge on any atom is -0.508 e. The summed E-state index contributed by atoms with van der Waals surface area (Å²) in [6.07, 6.45) is -4.28. The van der Waals surface area contributed by atoms with E-state index >= 15 is 8.78 Å². The summed E-state index contributed by atoms with van der Waals surface area (Å²) in [5.74, 6) is -2.13. The smallest absolute Gasteiger partial charge is 0.401 e. The molecular weight excluding hydrogens is 462 g/mol. The zero-order valence-electron chi connectivity index (χ0n) is 18.6. The molecule has 1 saturated heterocycles. The number of hydrogen-bond donors (Lipinski definition) is 1. The van der Waals surface area contributed by atoms with Crippen molar-refractivity contribution in [2.24, 2.45) is 0 Å². The molecule has 0 bridgehead atoms. The van der Waals surface area contributed by atoms with Crippen molar-refractivity contribution in [3.05, 3.63) is 58.7 Å². The van der Waals surface area contributed by atoms with Crippen molar-refractivity contribution >= 4 is 0 Å². The van der Waals surface area contributed by atoms with Crippen LogP contribution >= 0.6 is 0 Å². The quantitative estimate of drug-likeness (QED) is 0.557. The number of hydrogen-bond acceptors (Lipinski definition) is 4. The van der Waals surface area contributed by atoms with Crippen LogP contribution in [-0.2, 0) is 6.42 Å². The number of likely N-dealkylation sites (tertiary alicyclic amines) is 1. The Morgan fingerprint density at radius 1 is 1.09 bits per heavy atom. The van der Waals surface area contributed by atoms with E-state index in [4.69, 9.17) is 4.74 Å². The van der Waals surface area contributed by atoms with Gasteiger partial charge in [0.05, 0.1) is 19.3 Å². The van der Waals surface area contributed by atoms with E-state index in [1.54, 1.807) is 6.92 Å². The Labute approximate surface area is 193 Å². The molecule has 2 aromatic carbocycles. The van der Waals surface area contributed by atoms with Gasteiger partial charge in [-0.1, -0.05) is 6.07 Å². The Balaban J connectivity index is 1.64. The molecule has 2 atom stereocenters. The molecule has 1 fully saturated rings. The van der Waals surface area contributed by atoms with Gasteiger partial charge in [0, 0.05) is 43.4 Å². The highest BCUT2D eigenvalue weighted by atomic mass is 19.4. The SMILES string of the molecule is C[C@@H]1Cc2cc(O)ccc2[C@@H](c2c(F)cc(OC3CN(CCCF)C3)cc2F)N1CC(F)(F)F. The molecule has 0 saturated carbocycles. The maximum Gasteiger partial charge on any atom is 0.401 e. The van der Waals surface area contributed by atoms with Gasteiger partial charge in [-0.05, 0) is 43.0 Å². The molecule has 186 valence electrons. The first-order valence-electron chi connectivity index (χ1n) is 11.1. The van der Waals surface area contributed by atoms with Crippen molar-refractivity contribution in [3.63, 3.8) is 0 Å². The maximum atomic E-state index is 15.3. The van der Waals surface area contributed by atoms with Crippen molar-refractivity contribution in [2.75, 3.05) is 32.9 Å². The fraction of sp³-hybridized carbons (Fsp3) is 0.500. The molecule has 2 aliphatic rings. The van der Waals surface area contributed by atoms with Gasteiger partial charge in [-0.15, -0.1) is 0 Å². The molecule has 0 unspecified atom stereocenters. The predicted octanol–water partition coefficient (Wildman–Crippen LogP) is 4.99. The fourth-order valence-electron chi connectivity index (χ4n) is 4.83. The first kappa shape index (κ1) is 24.7. The highest BCUT2D eigenvalue weighted by Gasteiger charge is 2.42. The van der Waals surface area contributed by atoms with Crippen LogP contribution in [0.5, 0.6) is 11.5 Å². The largest absolute Gasteiger partial charge is 0.508 e. The van der Waals surface area contributed by atoms with Gasteiger partial charge in [0.2, 0.25) is 0 Å². The zero-order valence-corrected chi connectivity index (χ0v) is 18.6. The van der Waals surface area contributed by atoms with Gasteiger partial charge in [0.15, 0.2) is 0 Å². The topological polar surface area (TPSA) is 35.9 Å². The van der Waals surface area contributed by atoms with E-state index in [1.807, 2.05) is 4.90 Å². The summed E-state index contributed by atoms with van der Waals surface area (Å²) >= 11 is 0. The number of phenols is 1. The van der Waals surface area contributed by atoms with Gasteiger partial charge in [-0.3, -0.25) is 14.2 Å². The number of fused-ring (bicyclic) bond motifs is 1. The lowest BCUT2D eigenvalue weighted by molar-refractivity contribution is -0.155. The van der Waals surface area contributed by atoms with Gasteiger partial charge in [-0.2, -0.15) is 13.2 Å². The van der Waals surface area contributed by atoms with Crippen molar-refractivity contribution in [2.45, 2.75) is 44.1 Å². The number of halogens is 6. The molecule has 2 heterocycles. The molecule has 10 heteroatoms. The summed E-state index contributed by atoms with van der Waals surface area (Å²) in [4.78, 5) is 2.99. The number of rotatable bonds is 7. The number of phenolic OH excluding ortho intramolecular Hbond substituents is 1. The Morgan fingerprint density at radius 3 is 2.38 bits per heavy atom. The second-order valence-electron chi connectivity index (χ2n) is 8.97. The Morgan fingerprint density at radius 2 is 1.76 bits per heavy atom. The summed E-state index contributed by atoms with van der Waals surface area (Å²) in [6.45, 7) is 1.37. The van der Waals surface area contributed by atoms with Crippen molar-refractivity contribution < 1.29 is 36.2 Å². The molecule has 0 spiro atoms. The van der Waals surface area contributed by atoms with E-state index in [1.165, 1.54) is 18.2 Å². The lowest BCUT2D eigenvalue weighted by Crippen LogP contribution is -2.53. The van der Waals surface area contributed by atoms with Gasteiger partial charge in [-0.25, -0.2) is 8.78 Å². The van der Waals surface area contributed by atoms with Crippen LogP contribution in [0.4, 0.5) is 26.3 Å². The molecule has 1 N–H and O–H groups in total. The molecule has 0 aliphatic carbocycles. The molecule has 4 rings (SSSR count). The standard InChI is InChI=1S/C24H26F6N2O2/c1-14-7-15-8-16(33)3-4-19(15)23(32(14)13-24(28,29)30)22-20(26)9-17(10-21(22)27)34-18-11-31(12-18)6-2-5-25/h3-4,8-10,14,18,23,33H,2,5-7,11-13H2,1H3/t14-,23+/m1/s1. The van der Waals surface area contributed by atoms with Gasteiger partial charge >= 0.3 is 6.18 Å². The highest BCUT2D eigenvalue weighted by molar-refractivity contribution is 5.46. The molecular formula is C24H26F6N2O2. The van der Waals surface area contributed by atoms with E-state index in [-0.39, 0.29) is 24.0 Å². The lowest BCUT2D eigenvalue weighted by atomic mass is 9.84. The number of ether oxygens (including phenoxy) is 1. The fourth-order valence-corrected chi connectivity index (χ4v) is 4.83. The van der Waals surface area contributed by atoms with E-state index in [9.17, 15) is 22.7 Å². The van der Waals surface area contributed by atoms with E-state index in [0.717, 1.165) is 17.0 Å². The van der Waals surface area contributed by atoms with Crippen molar-refractivity contribution in [1.82, 2.24) is 9.80 Å². The molecule has 0 aromatic heterocycles. The van der Waals surface area contributed by atoms with E-state index in [2.05, 4.69) is 0 Å². The second kappa shape index (κ2) is 9.65. The lowest BCUT2D eigenvalue weighted by Gasteiger charge is -2.42. The Bertz CT molecular complexity index is 1000. The molecule has 0 amide bonds. The minimum atomic E-state index is -4.57. The molecule has 4 nitrogen and oxygen atoms in total. The molecule has 2 aromatic rings. The summed E-state index contributed by atoms with van der Waals surface area (Å²) in [6, 6.07) is 4.11. The average Bonchev–Trinajstić information content (AvgIpc) is 2.70. The van der Waals surface area contributed by atoms with Crippen LogP contribution in [0.25, 0.3) is 0 Å². The van der Waals surface area contributed by atoms with Crippen LogP contribution in [-0.4, -0.2) is 66.1 Å². The normalized spacial score (nSPS) is 21.9. The van der Waals surface area contributed by atoms with Crippen LogP contribution in [0, 0.1) is 11.6 Å². The predicted molar refractivity (Wildman–Crippen MR) is 114 cm³/mol. The van der Waals surface area contributed by atoms with Gasteiger partial charge < -0.3 is 9.84 Å². The third-order valence-corrected chi connectivity index (χ3v) is 6.36. The van der Waals surface area contributed by atoms with Gasteiger partial charge in [0.1, 0.15) is 29.2 Å². The number of alkyl halides is 4. The Kier molecular flexibility index (Phi) is 7.00. The number of benzene rings is 2. The number of aromatic hydroxyl groups is 1. The summed E-state index contributed by atoms with van der Waals surface area (Å²) in [5.41, 5.74) is 0.361. The third kappa shape index (κ3) is 5.27. The number of nitrogens with zero attached hydrogens (tertiary/aromatic N) is 2. The van der Waals surface area contributed by atoms with Crippen molar-refractivity contribution in [1.29, 1.82) is 0 Å². The van der Waals surface area contributed by atoms with Crippen LogP contribution in [0.3, 0.4) is 0 Å². The molecule has 0 radical (unpaired) electrons. The first-order valence-corrected chi connectivity index (χ1v) is 11.1. The van der Waals surface area contributed by atoms with E-state index in [0.29, 0.717) is 37.2 Å². The second-order valence-corrected chi connectivity index (χ2v) is 8.97. The summed E-state index contributed by atoms with van der Waals surface area (Å²) in [5, 5.41) is 9.83. The van der Waals surface area contributed by atoms with Crippen LogP contribution in [0.2, 0.25) is 0 Å². The van der Waals surface area contributed by atoms with Crippen LogP contribution in [0.15, 0.2) is 30.3 Å². The minimum absolute atomic E-state index is 0.0500. The molecule has 2 aliphatic heterocycles. The van der Waals surface area contributed by atoms with Crippen LogP contribution < -0.4 is 4.74 Å². The van der Waals surface area contributed by atoms with Crippen molar-refractivity contribution in [3.8, 4) is 11.5 Å². The monoisotopic (exact) mass is 488 g/mol. The Hall–Kier alpha value is -2.46. The summed E-state index contributed by atoms with van der Waals surface area (Å²) < 4.78 is 88.7. The third-order valence-electron chi connectivity index (χ3n) is 6.36. The maximum absolute atomic E-state index is 15.3. The first-order chi connectivity index (χ1) is 16.1. The zero-order chi connectivity index (χ0) is 24.6. The highest BCUT2D eigenvalue weighted by Crippen LogP contribution is 2.43. The van der Waals surface area contributed by atoms with E-state index < -0.39 is 48.7 Å². The summed E-state index contributed by atoms with van der Waals surface area (Å²) in [7, 11) is 0. The van der Waals surface area contributed by atoms with Gasteiger partial charge in [0.25, 0.3) is 0 Å². The van der Waals surface area contributed by atoms with Crippen LogP contribution in [0.1, 0.15) is 36.1 Å². The average molecular weight is 488 g/mol.